The molecule has 0 bridgehead atoms. The zero-order chi connectivity index (χ0) is 13.2. The van der Waals surface area contributed by atoms with Crippen LogP contribution in [0.25, 0.3) is 0 Å². The first-order chi connectivity index (χ1) is 9.29. The van der Waals surface area contributed by atoms with E-state index in [9.17, 15) is 4.79 Å². The van der Waals surface area contributed by atoms with Gasteiger partial charge in [-0.25, -0.2) is 0 Å². The van der Waals surface area contributed by atoms with Gasteiger partial charge < -0.3 is 15.4 Å². The van der Waals surface area contributed by atoms with E-state index in [1.807, 2.05) is 24.3 Å². The topological polar surface area (TPSA) is 63.2 Å². The zero-order valence-corrected chi connectivity index (χ0v) is 10.4. The number of para-hydroxylation sites is 1. The van der Waals surface area contributed by atoms with Crippen molar-refractivity contribution in [3.05, 3.63) is 53.9 Å². The molecule has 2 aromatic rings. The molecule has 0 saturated heterocycles. The van der Waals surface area contributed by atoms with Crippen molar-refractivity contribution in [1.29, 1.82) is 0 Å². The van der Waals surface area contributed by atoms with Gasteiger partial charge in [-0.2, -0.15) is 0 Å². The second-order valence-electron chi connectivity index (χ2n) is 4.19. The first-order valence-corrected chi connectivity index (χ1v) is 5.95. The van der Waals surface area contributed by atoms with Gasteiger partial charge in [0.15, 0.2) is 0 Å². The normalized spacial score (nSPS) is 17.1. The van der Waals surface area contributed by atoms with Gasteiger partial charge in [0.2, 0.25) is 0 Å². The van der Waals surface area contributed by atoms with E-state index in [2.05, 4.69) is 15.6 Å². The molecule has 1 aliphatic rings. The Balaban J connectivity index is 2.02. The van der Waals surface area contributed by atoms with Gasteiger partial charge in [-0.1, -0.05) is 12.1 Å². The van der Waals surface area contributed by atoms with Gasteiger partial charge in [-0.15, -0.1) is 0 Å². The summed E-state index contributed by atoms with van der Waals surface area (Å²) in [4.78, 5) is 16.4. The van der Waals surface area contributed by atoms with E-state index in [0.29, 0.717) is 17.0 Å². The van der Waals surface area contributed by atoms with Crippen molar-refractivity contribution >= 4 is 11.6 Å². The second kappa shape index (κ2) is 4.61. The van der Waals surface area contributed by atoms with Crippen molar-refractivity contribution in [2.45, 2.75) is 6.17 Å². The van der Waals surface area contributed by atoms with Gasteiger partial charge in [0.25, 0.3) is 5.91 Å². The van der Waals surface area contributed by atoms with Gasteiger partial charge in [0.1, 0.15) is 11.9 Å². The standard InChI is InChI=1S/C14H13N3O2/c1-19-11-7-4-5-9-12(11)16-13(17-14(9)18)10-6-2-3-8-15-10/h2-8,13,16H,1H3,(H,17,18). The molecule has 5 heteroatoms. The summed E-state index contributed by atoms with van der Waals surface area (Å²) >= 11 is 0. The zero-order valence-electron chi connectivity index (χ0n) is 10.4. The first-order valence-electron chi connectivity index (χ1n) is 5.95. The molecule has 0 fully saturated rings. The minimum Gasteiger partial charge on any atom is -0.495 e. The Morgan fingerprint density at radius 3 is 2.79 bits per heavy atom. The summed E-state index contributed by atoms with van der Waals surface area (Å²) in [5.41, 5.74) is 2.03. The minimum atomic E-state index is -0.350. The van der Waals surface area contributed by atoms with Crippen LogP contribution in [-0.4, -0.2) is 18.0 Å². The summed E-state index contributed by atoms with van der Waals surface area (Å²) in [5, 5.41) is 6.12. The second-order valence-corrected chi connectivity index (χ2v) is 4.19. The smallest absolute Gasteiger partial charge is 0.255 e. The summed E-state index contributed by atoms with van der Waals surface area (Å²) in [7, 11) is 1.58. The molecular formula is C14H13N3O2. The highest BCUT2D eigenvalue weighted by Crippen LogP contribution is 2.33. The Morgan fingerprint density at radius 1 is 1.16 bits per heavy atom. The number of hydrogen-bond donors (Lipinski definition) is 2. The third kappa shape index (κ3) is 1.99. The molecule has 1 aromatic carbocycles. The van der Waals surface area contributed by atoms with Crippen LogP contribution >= 0.6 is 0 Å². The molecule has 2 N–H and O–H groups in total. The third-order valence-electron chi connectivity index (χ3n) is 3.04. The number of aromatic nitrogens is 1. The van der Waals surface area contributed by atoms with E-state index in [4.69, 9.17) is 4.74 Å². The number of benzene rings is 1. The predicted octanol–water partition coefficient (Wildman–Crippen LogP) is 1.94. The Kier molecular flexibility index (Phi) is 2.79. The summed E-state index contributed by atoms with van der Waals surface area (Å²) < 4.78 is 5.28. The van der Waals surface area contributed by atoms with E-state index in [1.54, 1.807) is 25.4 Å². The van der Waals surface area contributed by atoms with Crippen molar-refractivity contribution < 1.29 is 9.53 Å². The lowest BCUT2D eigenvalue weighted by atomic mass is 10.1. The van der Waals surface area contributed by atoms with Crippen molar-refractivity contribution in [2.24, 2.45) is 0 Å². The number of nitrogens with one attached hydrogen (secondary N) is 2. The number of pyridine rings is 1. The summed E-state index contributed by atoms with van der Waals surface area (Å²) in [6.07, 6.45) is 1.35. The molecule has 3 rings (SSSR count). The van der Waals surface area contributed by atoms with Crippen LogP contribution in [0.5, 0.6) is 5.75 Å². The molecule has 0 aliphatic carbocycles. The first kappa shape index (κ1) is 11.5. The highest BCUT2D eigenvalue weighted by atomic mass is 16.5. The molecule has 19 heavy (non-hydrogen) atoms. The van der Waals surface area contributed by atoms with Crippen LogP contribution in [0.3, 0.4) is 0 Å². The highest BCUT2D eigenvalue weighted by Gasteiger charge is 2.27. The van der Waals surface area contributed by atoms with Crippen LogP contribution < -0.4 is 15.4 Å². The van der Waals surface area contributed by atoms with Crippen molar-refractivity contribution in [2.75, 3.05) is 12.4 Å². The maximum atomic E-state index is 12.1. The fourth-order valence-corrected chi connectivity index (χ4v) is 2.12. The summed E-state index contributed by atoms with van der Waals surface area (Å²) in [5.74, 6) is 0.511. The fourth-order valence-electron chi connectivity index (χ4n) is 2.12. The van der Waals surface area contributed by atoms with Gasteiger partial charge in [0.05, 0.1) is 24.1 Å². The van der Waals surface area contributed by atoms with Crippen LogP contribution in [0.1, 0.15) is 22.2 Å². The number of rotatable bonds is 2. The van der Waals surface area contributed by atoms with E-state index in [-0.39, 0.29) is 12.1 Å². The number of hydrogen-bond acceptors (Lipinski definition) is 4. The van der Waals surface area contributed by atoms with E-state index in [0.717, 1.165) is 5.69 Å². The minimum absolute atomic E-state index is 0.136. The van der Waals surface area contributed by atoms with Crippen LogP contribution in [0.2, 0.25) is 0 Å². The number of fused-ring (bicyclic) bond motifs is 1. The number of nitrogens with zero attached hydrogens (tertiary/aromatic N) is 1. The van der Waals surface area contributed by atoms with E-state index in [1.165, 1.54) is 0 Å². The van der Waals surface area contributed by atoms with Crippen molar-refractivity contribution in [1.82, 2.24) is 10.3 Å². The fraction of sp³-hybridized carbons (Fsp3) is 0.143. The number of carbonyl (C=O) groups is 1. The molecule has 0 saturated carbocycles. The molecule has 0 radical (unpaired) electrons. The maximum Gasteiger partial charge on any atom is 0.255 e. The average molecular weight is 255 g/mol. The molecule has 0 spiro atoms. The molecule has 1 aromatic heterocycles. The third-order valence-corrected chi connectivity index (χ3v) is 3.04. The Labute approximate surface area is 110 Å². The molecule has 1 unspecified atom stereocenters. The molecule has 1 aliphatic heterocycles. The van der Waals surface area contributed by atoms with Gasteiger partial charge in [0, 0.05) is 6.20 Å². The summed E-state index contributed by atoms with van der Waals surface area (Å²) in [6.45, 7) is 0. The molecule has 1 amide bonds. The molecule has 1 atom stereocenters. The van der Waals surface area contributed by atoms with Crippen LogP contribution in [-0.2, 0) is 0 Å². The van der Waals surface area contributed by atoms with Crippen molar-refractivity contribution in [3.63, 3.8) is 0 Å². The van der Waals surface area contributed by atoms with Crippen LogP contribution in [0, 0.1) is 0 Å². The Hall–Kier alpha value is -2.56. The van der Waals surface area contributed by atoms with Crippen LogP contribution in [0.4, 0.5) is 5.69 Å². The Morgan fingerprint density at radius 2 is 2.05 bits per heavy atom. The average Bonchev–Trinajstić information content (AvgIpc) is 2.47. The number of anilines is 1. The van der Waals surface area contributed by atoms with Gasteiger partial charge in [-0.05, 0) is 24.3 Å². The predicted molar refractivity (Wildman–Crippen MR) is 71.1 cm³/mol. The SMILES string of the molecule is COc1cccc2c1NC(c1ccccn1)NC2=O. The highest BCUT2D eigenvalue weighted by molar-refractivity contribution is 6.03. The van der Waals surface area contributed by atoms with Gasteiger partial charge >= 0.3 is 0 Å². The van der Waals surface area contributed by atoms with Gasteiger partial charge in [-0.3, -0.25) is 9.78 Å². The monoisotopic (exact) mass is 255 g/mol. The largest absolute Gasteiger partial charge is 0.495 e. The molecule has 2 heterocycles. The number of carbonyl (C=O) groups excluding carboxylic acids is 1. The van der Waals surface area contributed by atoms with Crippen molar-refractivity contribution in [3.8, 4) is 5.75 Å². The molecular weight excluding hydrogens is 242 g/mol. The number of ether oxygens (including phenoxy) is 1. The van der Waals surface area contributed by atoms with Crippen LogP contribution in [0.15, 0.2) is 42.6 Å². The lowest BCUT2D eigenvalue weighted by molar-refractivity contribution is 0.0934. The molecule has 5 nitrogen and oxygen atoms in total. The molecule has 96 valence electrons. The lowest BCUT2D eigenvalue weighted by Gasteiger charge is -2.28. The summed E-state index contributed by atoms with van der Waals surface area (Å²) in [6, 6.07) is 10.9. The lowest BCUT2D eigenvalue weighted by Crippen LogP contribution is -2.39. The van der Waals surface area contributed by atoms with E-state index >= 15 is 0 Å². The Bertz CT molecular complexity index is 613. The maximum absolute atomic E-state index is 12.1. The number of amides is 1. The van der Waals surface area contributed by atoms with E-state index < -0.39 is 0 Å². The quantitative estimate of drug-likeness (QED) is 0.861. The number of methoxy groups -OCH3 is 1.